The fourth-order valence-electron chi connectivity index (χ4n) is 1.53. The van der Waals surface area contributed by atoms with Gasteiger partial charge in [0.25, 0.3) is 0 Å². The minimum absolute atomic E-state index is 0.0184. The monoisotopic (exact) mass is 226 g/mol. The number of aliphatic hydroxyl groups is 1. The molecule has 0 aromatic carbocycles. The summed E-state index contributed by atoms with van der Waals surface area (Å²) in [6, 6.07) is 0. The lowest BCUT2D eigenvalue weighted by atomic mass is 10.0. The van der Waals surface area contributed by atoms with E-state index in [2.05, 4.69) is 13.0 Å². The highest BCUT2D eigenvalue weighted by atomic mass is 32.2. The van der Waals surface area contributed by atoms with E-state index in [0.717, 1.165) is 19.3 Å². The molecule has 1 rings (SSSR count). The summed E-state index contributed by atoms with van der Waals surface area (Å²) in [7, 11) is 0. The van der Waals surface area contributed by atoms with Gasteiger partial charge in [-0.3, -0.25) is 4.79 Å². The van der Waals surface area contributed by atoms with Crippen molar-refractivity contribution >= 4 is 16.9 Å². The second kappa shape index (κ2) is 4.88. The molecule has 0 aromatic heterocycles. The van der Waals surface area contributed by atoms with Crippen LogP contribution in [-0.4, -0.2) is 15.0 Å². The molecule has 0 saturated carbocycles. The number of hydrogen-bond donors (Lipinski definition) is 1. The fourth-order valence-corrected chi connectivity index (χ4v) is 2.58. The molecular formula is C12H18O2S. The van der Waals surface area contributed by atoms with Gasteiger partial charge in [-0.2, -0.15) is 0 Å². The van der Waals surface area contributed by atoms with E-state index in [1.54, 1.807) is 6.92 Å². The van der Waals surface area contributed by atoms with E-state index in [1.807, 2.05) is 13.0 Å². The van der Waals surface area contributed by atoms with Gasteiger partial charge in [0.2, 0.25) is 5.12 Å². The molecule has 1 N–H and O–H groups in total. The maximum atomic E-state index is 11.4. The second-order valence-electron chi connectivity index (χ2n) is 4.01. The quantitative estimate of drug-likeness (QED) is 0.588. The number of rotatable bonds is 4. The third-order valence-corrected chi connectivity index (χ3v) is 3.84. The van der Waals surface area contributed by atoms with Crippen molar-refractivity contribution in [1.29, 1.82) is 0 Å². The molecular weight excluding hydrogens is 208 g/mol. The molecule has 0 saturated heterocycles. The number of carbonyl (C=O) groups excluding carboxylic acids is 1. The van der Waals surface area contributed by atoms with Crippen LogP contribution >= 0.6 is 11.8 Å². The van der Waals surface area contributed by atoms with Crippen molar-refractivity contribution in [2.24, 2.45) is 0 Å². The van der Waals surface area contributed by atoms with Crippen molar-refractivity contribution < 1.29 is 9.90 Å². The lowest BCUT2D eigenvalue weighted by Crippen LogP contribution is -2.16. The van der Waals surface area contributed by atoms with E-state index in [-0.39, 0.29) is 10.9 Å². The van der Waals surface area contributed by atoms with Crippen LogP contribution in [0.25, 0.3) is 0 Å². The largest absolute Gasteiger partial charge is 0.510 e. The van der Waals surface area contributed by atoms with E-state index >= 15 is 0 Å². The minimum atomic E-state index is -0.533. The molecule has 1 aliphatic rings. The van der Waals surface area contributed by atoms with Gasteiger partial charge in [0, 0.05) is 5.57 Å². The van der Waals surface area contributed by atoms with Crippen LogP contribution in [0.15, 0.2) is 23.5 Å². The number of thioether (sulfide) groups is 1. The number of aliphatic hydroxyl groups excluding tert-OH is 1. The molecule has 0 amide bonds. The topological polar surface area (TPSA) is 37.3 Å². The van der Waals surface area contributed by atoms with Crippen LogP contribution in [0, 0.1) is 0 Å². The predicted molar refractivity (Wildman–Crippen MR) is 65.0 cm³/mol. The molecule has 0 unspecified atom stereocenters. The first kappa shape index (κ1) is 12.4. The maximum absolute atomic E-state index is 11.4. The molecule has 0 aliphatic carbocycles. The summed E-state index contributed by atoms with van der Waals surface area (Å²) in [5, 5.41) is 9.81. The molecule has 0 fully saturated rings. The zero-order valence-electron chi connectivity index (χ0n) is 9.54. The molecule has 0 radical (unpaired) electrons. The summed E-state index contributed by atoms with van der Waals surface area (Å²) in [6.45, 7) is 5.70. The van der Waals surface area contributed by atoms with E-state index in [0.29, 0.717) is 5.57 Å². The third-order valence-electron chi connectivity index (χ3n) is 2.60. The van der Waals surface area contributed by atoms with Crippen molar-refractivity contribution in [2.45, 2.75) is 44.8 Å². The van der Waals surface area contributed by atoms with Crippen molar-refractivity contribution in [1.82, 2.24) is 0 Å². The van der Waals surface area contributed by atoms with Crippen LogP contribution in [0.2, 0.25) is 0 Å². The lowest BCUT2D eigenvalue weighted by molar-refractivity contribution is -0.107. The number of unbranched alkanes of at least 4 members (excludes halogenated alkanes) is 2. The van der Waals surface area contributed by atoms with Gasteiger partial charge >= 0.3 is 0 Å². The first-order valence-electron chi connectivity index (χ1n) is 5.32. The highest BCUT2D eigenvalue weighted by Crippen LogP contribution is 2.43. The predicted octanol–water partition coefficient (Wildman–Crippen LogP) is 3.60. The van der Waals surface area contributed by atoms with E-state index < -0.39 is 4.75 Å². The molecule has 84 valence electrons. The molecule has 0 spiro atoms. The third kappa shape index (κ3) is 2.65. The normalized spacial score (nSPS) is 27.0. The zero-order chi connectivity index (χ0) is 11.5. The molecule has 0 bridgehead atoms. The van der Waals surface area contributed by atoms with Crippen molar-refractivity contribution in [3.05, 3.63) is 23.5 Å². The van der Waals surface area contributed by atoms with Gasteiger partial charge in [0.1, 0.15) is 5.76 Å². The van der Waals surface area contributed by atoms with Crippen LogP contribution in [-0.2, 0) is 4.79 Å². The van der Waals surface area contributed by atoms with Crippen LogP contribution in [0.5, 0.6) is 0 Å². The Labute approximate surface area is 95.4 Å². The summed E-state index contributed by atoms with van der Waals surface area (Å²) < 4.78 is -0.533. The average Bonchev–Trinajstić information content (AvgIpc) is 2.39. The Morgan fingerprint density at radius 3 is 2.67 bits per heavy atom. The Hall–Kier alpha value is -0.700. The molecule has 1 atom stereocenters. The average molecular weight is 226 g/mol. The maximum Gasteiger partial charge on any atom is 0.219 e. The fraction of sp³-hybridized carbons (Fsp3) is 0.583. The van der Waals surface area contributed by atoms with Crippen LogP contribution in [0.1, 0.15) is 40.0 Å². The van der Waals surface area contributed by atoms with Crippen molar-refractivity contribution in [3.63, 3.8) is 0 Å². The van der Waals surface area contributed by atoms with Crippen molar-refractivity contribution in [2.75, 3.05) is 0 Å². The smallest absolute Gasteiger partial charge is 0.219 e. The Kier molecular flexibility index (Phi) is 4.03. The molecule has 0 aromatic rings. The zero-order valence-corrected chi connectivity index (χ0v) is 10.4. The SMILES string of the molecule is CCCCC=C[C@@]1(C)SC(=O)C(C)=C1O. The van der Waals surface area contributed by atoms with E-state index in [1.165, 1.54) is 11.8 Å². The molecule has 1 aliphatic heterocycles. The Balaban J connectivity index is 2.69. The van der Waals surface area contributed by atoms with Crippen molar-refractivity contribution in [3.8, 4) is 0 Å². The van der Waals surface area contributed by atoms with Crippen LogP contribution in [0.3, 0.4) is 0 Å². The molecule has 3 heteroatoms. The standard InChI is InChI=1S/C12H18O2S/c1-4-5-6-7-8-12(3)10(13)9(2)11(14)15-12/h7-8,13H,4-6H2,1-3H3/t12-/m1/s1. The first-order chi connectivity index (χ1) is 7.01. The van der Waals surface area contributed by atoms with E-state index in [9.17, 15) is 9.90 Å². The molecule has 1 heterocycles. The Morgan fingerprint density at radius 1 is 1.53 bits per heavy atom. The summed E-state index contributed by atoms with van der Waals surface area (Å²) in [6.07, 6.45) is 7.31. The summed E-state index contributed by atoms with van der Waals surface area (Å²) in [4.78, 5) is 11.4. The Morgan fingerprint density at radius 2 is 2.20 bits per heavy atom. The Bertz CT molecular complexity index is 318. The van der Waals surface area contributed by atoms with Gasteiger partial charge in [-0.15, -0.1) is 0 Å². The van der Waals surface area contributed by atoms with Gasteiger partial charge in [-0.05, 0) is 20.3 Å². The second-order valence-corrected chi connectivity index (χ2v) is 5.44. The highest BCUT2D eigenvalue weighted by molar-refractivity contribution is 8.16. The summed E-state index contributed by atoms with van der Waals surface area (Å²) >= 11 is 1.19. The van der Waals surface area contributed by atoms with Crippen LogP contribution in [0.4, 0.5) is 0 Å². The highest BCUT2D eigenvalue weighted by Gasteiger charge is 2.39. The van der Waals surface area contributed by atoms with Gasteiger partial charge < -0.3 is 5.11 Å². The summed E-state index contributed by atoms with van der Waals surface area (Å²) in [5.74, 6) is 0.213. The number of hydrogen-bond acceptors (Lipinski definition) is 3. The van der Waals surface area contributed by atoms with Gasteiger partial charge in [-0.1, -0.05) is 43.7 Å². The van der Waals surface area contributed by atoms with E-state index in [4.69, 9.17) is 0 Å². The van der Waals surface area contributed by atoms with Crippen LogP contribution < -0.4 is 0 Å². The van der Waals surface area contributed by atoms with Gasteiger partial charge in [-0.25, -0.2) is 0 Å². The van der Waals surface area contributed by atoms with Gasteiger partial charge in [0.05, 0.1) is 4.75 Å². The minimum Gasteiger partial charge on any atom is -0.510 e. The number of carbonyl (C=O) groups is 1. The van der Waals surface area contributed by atoms with Gasteiger partial charge in [0.15, 0.2) is 0 Å². The lowest BCUT2D eigenvalue weighted by Gasteiger charge is -2.17. The molecule has 15 heavy (non-hydrogen) atoms. The first-order valence-corrected chi connectivity index (χ1v) is 6.14. The summed E-state index contributed by atoms with van der Waals surface area (Å²) in [5.41, 5.74) is 0.489. The number of allylic oxidation sites excluding steroid dienone is 1. The molecule has 2 nitrogen and oxygen atoms in total.